The summed E-state index contributed by atoms with van der Waals surface area (Å²) in [4.78, 5) is 24.4. The van der Waals surface area contributed by atoms with E-state index in [1.54, 1.807) is 6.07 Å². The van der Waals surface area contributed by atoms with Gasteiger partial charge in [-0.2, -0.15) is 0 Å². The predicted molar refractivity (Wildman–Crippen MR) is 97.4 cm³/mol. The third kappa shape index (κ3) is 5.32. The van der Waals surface area contributed by atoms with Crippen LogP contribution in [0.25, 0.3) is 0 Å². The van der Waals surface area contributed by atoms with Crippen LogP contribution in [0, 0.1) is 31.6 Å². The third-order valence-electron chi connectivity index (χ3n) is 5.18. The molecule has 1 saturated carbocycles. The fraction of sp³-hybridized carbons (Fsp3) is 0.619. The SMILES string of the molecule is Cc1ccc(C)c(C(=O)OCC(=O)O[C@H]2C[C@@H](C)CC[C@@H]2C(C)C)c1. The Hall–Kier alpha value is -1.84. The van der Waals surface area contributed by atoms with Crippen LogP contribution >= 0.6 is 0 Å². The number of ether oxygens (including phenoxy) is 2. The minimum absolute atomic E-state index is 0.0735. The number of hydrogen-bond donors (Lipinski definition) is 0. The summed E-state index contributed by atoms with van der Waals surface area (Å²) in [6.07, 6.45) is 3.08. The average Bonchev–Trinajstić information content (AvgIpc) is 2.54. The Morgan fingerprint density at radius 1 is 1.20 bits per heavy atom. The number of rotatable bonds is 5. The molecule has 0 aromatic heterocycles. The van der Waals surface area contributed by atoms with Crippen LogP contribution in [-0.2, 0) is 14.3 Å². The number of benzene rings is 1. The molecule has 25 heavy (non-hydrogen) atoms. The Morgan fingerprint density at radius 2 is 1.92 bits per heavy atom. The van der Waals surface area contributed by atoms with Crippen LogP contribution in [0.5, 0.6) is 0 Å². The van der Waals surface area contributed by atoms with E-state index in [1.807, 2.05) is 26.0 Å². The van der Waals surface area contributed by atoms with Crippen molar-refractivity contribution in [2.45, 2.75) is 60.0 Å². The molecule has 0 radical (unpaired) electrons. The molecule has 3 atom stereocenters. The van der Waals surface area contributed by atoms with Gasteiger partial charge in [-0.3, -0.25) is 0 Å². The summed E-state index contributed by atoms with van der Waals surface area (Å²) in [7, 11) is 0. The van der Waals surface area contributed by atoms with E-state index in [1.165, 1.54) is 6.42 Å². The van der Waals surface area contributed by atoms with E-state index in [4.69, 9.17) is 9.47 Å². The van der Waals surface area contributed by atoms with Crippen molar-refractivity contribution in [3.05, 3.63) is 34.9 Å². The summed E-state index contributed by atoms with van der Waals surface area (Å²) in [5.74, 6) is 0.488. The lowest BCUT2D eigenvalue weighted by molar-refractivity contribution is -0.159. The van der Waals surface area contributed by atoms with E-state index in [-0.39, 0.29) is 12.7 Å². The fourth-order valence-electron chi connectivity index (χ4n) is 3.61. The predicted octanol–water partition coefficient (Wildman–Crippen LogP) is 4.46. The van der Waals surface area contributed by atoms with Crippen LogP contribution in [0.2, 0.25) is 0 Å². The van der Waals surface area contributed by atoms with Crippen molar-refractivity contribution in [1.82, 2.24) is 0 Å². The molecule has 138 valence electrons. The highest BCUT2D eigenvalue weighted by Gasteiger charge is 2.33. The summed E-state index contributed by atoms with van der Waals surface area (Å²) in [6.45, 7) is 9.97. The lowest BCUT2D eigenvalue weighted by Gasteiger charge is -2.36. The first-order valence-corrected chi connectivity index (χ1v) is 9.21. The first-order chi connectivity index (χ1) is 11.8. The van der Waals surface area contributed by atoms with Gasteiger partial charge in [-0.15, -0.1) is 0 Å². The van der Waals surface area contributed by atoms with Crippen molar-refractivity contribution in [3.63, 3.8) is 0 Å². The summed E-state index contributed by atoms with van der Waals surface area (Å²) in [6, 6.07) is 5.60. The maximum atomic E-state index is 12.2. The molecule has 0 aliphatic heterocycles. The molecule has 1 aliphatic carbocycles. The Balaban J connectivity index is 1.91. The van der Waals surface area contributed by atoms with Gasteiger partial charge in [-0.05, 0) is 56.1 Å². The number of carbonyl (C=O) groups is 2. The minimum Gasteiger partial charge on any atom is -0.460 e. The number of esters is 2. The Morgan fingerprint density at radius 3 is 2.60 bits per heavy atom. The van der Waals surface area contributed by atoms with E-state index < -0.39 is 11.9 Å². The molecule has 0 N–H and O–H groups in total. The van der Waals surface area contributed by atoms with Crippen LogP contribution in [0.1, 0.15) is 61.5 Å². The number of carbonyl (C=O) groups excluding carboxylic acids is 2. The second-order valence-electron chi connectivity index (χ2n) is 7.75. The van der Waals surface area contributed by atoms with Crippen molar-refractivity contribution in [3.8, 4) is 0 Å². The van der Waals surface area contributed by atoms with Crippen molar-refractivity contribution in [2.24, 2.45) is 17.8 Å². The number of aryl methyl sites for hydroxylation is 2. The molecule has 4 nitrogen and oxygen atoms in total. The Kier molecular flexibility index (Phi) is 6.63. The summed E-state index contributed by atoms with van der Waals surface area (Å²) < 4.78 is 10.8. The van der Waals surface area contributed by atoms with Gasteiger partial charge in [-0.1, -0.05) is 44.9 Å². The summed E-state index contributed by atoms with van der Waals surface area (Å²) in [5.41, 5.74) is 2.32. The molecule has 2 rings (SSSR count). The maximum Gasteiger partial charge on any atom is 0.344 e. The van der Waals surface area contributed by atoms with Crippen LogP contribution in [0.15, 0.2) is 18.2 Å². The van der Waals surface area contributed by atoms with E-state index in [0.717, 1.165) is 24.0 Å². The highest BCUT2D eigenvalue weighted by molar-refractivity contribution is 5.92. The first kappa shape index (κ1) is 19.5. The zero-order chi connectivity index (χ0) is 18.6. The molecule has 0 heterocycles. The van der Waals surface area contributed by atoms with E-state index >= 15 is 0 Å². The van der Waals surface area contributed by atoms with Gasteiger partial charge >= 0.3 is 11.9 Å². The summed E-state index contributed by atoms with van der Waals surface area (Å²) in [5, 5.41) is 0. The quantitative estimate of drug-likeness (QED) is 0.739. The second kappa shape index (κ2) is 8.50. The molecule has 0 amide bonds. The average molecular weight is 346 g/mol. The second-order valence-corrected chi connectivity index (χ2v) is 7.75. The minimum atomic E-state index is -0.476. The zero-order valence-corrected chi connectivity index (χ0v) is 16.0. The lowest BCUT2D eigenvalue weighted by Crippen LogP contribution is -2.36. The van der Waals surface area contributed by atoms with Gasteiger partial charge in [0.25, 0.3) is 0 Å². The molecular weight excluding hydrogens is 316 g/mol. The van der Waals surface area contributed by atoms with Crippen LogP contribution < -0.4 is 0 Å². The largest absolute Gasteiger partial charge is 0.460 e. The third-order valence-corrected chi connectivity index (χ3v) is 5.18. The van der Waals surface area contributed by atoms with Crippen LogP contribution in [0.3, 0.4) is 0 Å². The van der Waals surface area contributed by atoms with Crippen molar-refractivity contribution in [1.29, 1.82) is 0 Å². The smallest absolute Gasteiger partial charge is 0.344 e. The van der Waals surface area contributed by atoms with Gasteiger partial charge in [-0.25, -0.2) is 9.59 Å². The highest BCUT2D eigenvalue weighted by Crippen LogP contribution is 2.35. The van der Waals surface area contributed by atoms with E-state index in [2.05, 4.69) is 20.8 Å². The van der Waals surface area contributed by atoms with Gasteiger partial charge in [0.2, 0.25) is 0 Å². The fourth-order valence-corrected chi connectivity index (χ4v) is 3.61. The Labute approximate surface area is 150 Å². The zero-order valence-electron chi connectivity index (χ0n) is 16.0. The molecule has 1 aromatic carbocycles. The molecule has 0 unspecified atom stereocenters. The molecule has 1 aliphatic rings. The molecule has 0 bridgehead atoms. The van der Waals surface area contributed by atoms with Crippen molar-refractivity contribution < 1.29 is 19.1 Å². The standard InChI is InChI=1S/C21H30O4/c1-13(2)17-9-7-15(4)11-19(17)25-20(22)12-24-21(23)18-10-14(3)6-8-16(18)5/h6,8,10,13,15,17,19H,7,9,11-12H2,1-5H3/t15-,17+,19-/m0/s1. The molecule has 0 spiro atoms. The van der Waals surface area contributed by atoms with Crippen molar-refractivity contribution in [2.75, 3.05) is 6.61 Å². The van der Waals surface area contributed by atoms with Gasteiger partial charge in [0.15, 0.2) is 6.61 Å². The first-order valence-electron chi connectivity index (χ1n) is 9.21. The van der Waals surface area contributed by atoms with Gasteiger partial charge in [0.1, 0.15) is 6.10 Å². The van der Waals surface area contributed by atoms with Crippen LogP contribution in [0.4, 0.5) is 0 Å². The topological polar surface area (TPSA) is 52.6 Å². The molecule has 4 heteroatoms. The normalized spacial score (nSPS) is 23.4. The number of hydrogen-bond acceptors (Lipinski definition) is 4. The van der Waals surface area contributed by atoms with Gasteiger partial charge < -0.3 is 9.47 Å². The highest BCUT2D eigenvalue weighted by atomic mass is 16.6. The van der Waals surface area contributed by atoms with Gasteiger partial charge in [0.05, 0.1) is 5.56 Å². The Bertz CT molecular complexity index is 620. The molecule has 0 saturated heterocycles. The van der Waals surface area contributed by atoms with E-state index in [9.17, 15) is 9.59 Å². The van der Waals surface area contributed by atoms with E-state index in [0.29, 0.717) is 23.3 Å². The summed E-state index contributed by atoms with van der Waals surface area (Å²) >= 11 is 0. The molecule has 1 aromatic rings. The van der Waals surface area contributed by atoms with Gasteiger partial charge in [0, 0.05) is 0 Å². The van der Waals surface area contributed by atoms with Crippen LogP contribution in [-0.4, -0.2) is 24.6 Å². The lowest BCUT2D eigenvalue weighted by atomic mass is 9.75. The molecule has 1 fully saturated rings. The van der Waals surface area contributed by atoms with Crippen molar-refractivity contribution >= 4 is 11.9 Å². The monoisotopic (exact) mass is 346 g/mol. The molecular formula is C21H30O4. The maximum absolute atomic E-state index is 12.2.